The Balaban J connectivity index is 1.49. The standard InChI is InChI=1S/C26H32Cl4N4O3/c1-4-12-34(25-32-24(37-33-25)26(3,29)30)13-5-11-31-23(35)19-7-6-17(2)22(15-19)36-14-10-18-8-9-20(27)16-21(18)28/h6-9,15-16,24H,4-5,10-14H2,1-3H3,(H,31,35)(H,32,33). The summed E-state index contributed by atoms with van der Waals surface area (Å²) in [5.41, 5.74) is 5.25. The van der Waals surface area contributed by atoms with Crippen LogP contribution in [-0.4, -0.2) is 53.6 Å². The normalized spacial score (nSPS) is 15.2. The monoisotopic (exact) mass is 588 g/mol. The average Bonchev–Trinajstić information content (AvgIpc) is 3.34. The molecular formula is C26H32Cl4N4O3. The molecule has 0 aliphatic carbocycles. The predicted octanol–water partition coefficient (Wildman–Crippen LogP) is 6.17. The zero-order chi connectivity index (χ0) is 27.0. The van der Waals surface area contributed by atoms with E-state index in [1.165, 1.54) is 0 Å². The van der Waals surface area contributed by atoms with Crippen LogP contribution in [0.25, 0.3) is 0 Å². The number of ether oxygens (including phenoxy) is 1. The number of halogens is 4. The molecule has 1 heterocycles. The fourth-order valence-corrected chi connectivity index (χ4v) is 4.38. The van der Waals surface area contributed by atoms with E-state index in [2.05, 4.69) is 27.6 Å². The average molecular weight is 590 g/mol. The van der Waals surface area contributed by atoms with Crippen molar-refractivity contribution in [2.75, 3.05) is 26.2 Å². The van der Waals surface area contributed by atoms with Crippen LogP contribution in [0.1, 0.15) is 48.2 Å². The Bertz CT molecular complexity index is 1110. The highest BCUT2D eigenvalue weighted by molar-refractivity contribution is 6.48. The van der Waals surface area contributed by atoms with Crippen molar-refractivity contribution in [1.29, 1.82) is 0 Å². The summed E-state index contributed by atoms with van der Waals surface area (Å²) < 4.78 is 4.82. The van der Waals surface area contributed by atoms with Gasteiger partial charge in [-0.1, -0.05) is 65.5 Å². The summed E-state index contributed by atoms with van der Waals surface area (Å²) in [5.74, 6) is 1.09. The number of rotatable bonds is 12. The molecule has 2 aromatic rings. The third-order valence-electron chi connectivity index (χ3n) is 5.71. The number of benzene rings is 2. The molecular weight excluding hydrogens is 558 g/mol. The summed E-state index contributed by atoms with van der Waals surface area (Å²) in [6, 6.07) is 10.8. The third-order valence-corrected chi connectivity index (χ3v) is 6.67. The number of guanidine groups is 1. The van der Waals surface area contributed by atoms with E-state index in [0.717, 1.165) is 24.1 Å². The number of nitrogens with one attached hydrogen (secondary N) is 2. The first-order chi connectivity index (χ1) is 17.6. The smallest absolute Gasteiger partial charge is 0.251 e. The van der Waals surface area contributed by atoms with Crippen LogP contribution in [0.3, 0.4) is 0 Å². The van der Waals surface area contributed by atoms with Gasteiger partial charge in [0.25, 0.3) is 5.91 Å². The molecule has 0 saturated heterocycles. The van der Waals surface area contributed by atoms with Gasteiger partial charge in [-0.3, -0.25) is 4.79 Å². The molecule has 202 valence electrons. The number of aliphatic imine (C=N–C) groups is 1. The lowest BCUT2D eigenvalue weighted by molar-refractivity contribution is 0.0281. The van der Waals surface area contributed by atoms with Gasteiger partial charge in [0.1, 0.15) is 5.75 Å². The van der Waals surface area contributed by atoms with E-state index < -0.39 is 10.6 Å². The minimum absolute atomic E-state index is 0.160. The lowest BCUT2D eigenvalue weighted by Crippen LogP contribution is -2.40. The Labute approximate surface area is 238 Å². The summed E-state index contributed by atoms with van der Waals surface area (Å²) in [7, 11) is 0. The molecule has 3 rings (SSSR count). The van der Waals surface area contributed by atoms with E-state index in [9.17, 15) is 4.79 Å². The maximum absolute atomic E-state index is 12.8. The number of hydroxylamine groups is 1. The Morgan fingerprint density at radius 3 is 2.68 bits per heavy atom. The molecule has 37 heavy (non-hydrogen) atoms. The first kappa shape index (κ1) is 29.7. The molecule has 2 aromatic carbocycles. The van der Waals surface area contributed by atoms with Crippen molar-refractivity contribution < 1.29 is 14.4 Å². The molecule has 0 saturated carbocycles. The SMILES string of the molecule is CCCN(CCCNC(=O)c1ccc(C)c(OCCc2ccc(Cl)cc2Cl)c1)C1=NC(C(C)(Cl)Cl)ON1. The molecule has 1 aliphatic heterocycles. The van der Waals surface area contributed by atoms with Crippen LogP contribution in [0.4, 0.5) is 0 Å². The number of alkyl halides is 2. The fourth-order valence-electron chi connectivity index (χ4n) is 3.69. The van der Waals surface area contributed by atoms with Crippen molar-refractivity contribution in [2.45, 2.75) is 50.6 Å². The van der Waals surface area contributed by atoms with Crippen LogP contribution in [0.2, 0.25) is 10.0 Å². The molecule has 1 amide bonds. The largest absolute Gasteiger partial charge is 0.493 e. The van der Waals surface area contributed by atoms with Crippen LogP contribution >= 0.6 is 46.4 Å². The molecule has 1 unspecified atom stereocenters. The fraction of sp³-hybridized carbons (Fsp3) is 0.462. The molecule has 2 N–H and O–H groups in total. The van der Waals surface area contributed by atoms with Gasteiger partial charge < -0.3 is 15.0 Å². The van der Waals surface area contributed by atoms with Crippen molar-refractivity contribution in [3.63, 3.8) is 0 Å². The third kappa shape index (κ3) is 8.82. The molecule has 7 nitrogen and oxygen atoms in total. The summed E-state index contributed by atoms with van der Waals surface area (Å²) in [5, 5.41) is 4.18. The number of aryl methyl sites for hydroxylation is 1. The number of hydrogen-bond donors (Lipinski definition) is 2. The predicted molar refractivity (Wildman–Crippen MR) is 151 cm³/mol. The number of carbonyl (C=O) groups excluding carboxylic acids is 1. The van der Waals surface area contributed by atoms with Crippen LogP contribution in [-0.2, 0) is 11.3 Å². The molecule has 0 radical (unpaired) electrons. The van der Waals surface area contributed by atoms with Gasteiger partial charge in [0, 0.05) is 41.7 Å². The van der Waals surface area contributed by atoms with Gasteiger partial charge in [-0.25, -0.2) is 15.3 Å². The summed E-state index contributed by atoms with van der Waals surface area (Å²) in [4.78, 5) is 24.6. The lowest BCUT2D eigenvalue weighted by atomic mass is 10.1. The van der Waals surface area contributed by atoms with Crippen molar-refractivity contribution in [3.05, 3.63) is 63.1 Å². The Hall–Kier alpha value is -1.90. The Morgan fingerprint density at radius 2 is 2.00 bits per heavy atom. The van der Waals surface area contributed by atoms with Crippen LogP contribution in [0.5, 0.6) is 5.75 Å². The Morgan fingerprint density at radius 1 is 1.22 bits per heavy atom. The van der Waals surface area contributed by atoms with Crippen LogP contribution < -0.4 is 15.5 Å². The number of hydrogen-bond acceptors (Lipinski definition) is 6. The second-order valence-corrected chi connectivity index (χ2v) is 11.5. The van der Waals surface area contributed by atoms with Gasteiger partial charge in [0.05, 0.1) is 6.61 Å². The molecule has 0 fully saturated rings. The lowest BCUT2D eigenvalue weighted by Gasteiger charge is -2.23. The first-order valence-corrected chi connectivity index (χ1v) is 13.7. The van der Waals surface area contributed by atoms with E-state index in [4.69, 9.17) is 56.0 Å². The second kappa shape index (κ2) is 13.8. The number of amides is 1. The molecule has 0 aromatic heterocycles. The summed E-state index contributed by atoms with van der Waals surface area (Å²) in [6.45, 7) is 8.03. The van der Waals surface area contributed by atoms with Crippen molar-refractivity contribution in [2.24, 2.45) is 4.99 Å². The van der Waals surface area contributed by atoms with Gasteiger partial charge in [0.15, 0.2) is 4.33 Å². The van der Waals surface area contributed by atoms with E-state index >= 15 is 0 Å². The molecule has 0 spiro atoms. The van der Waals surface area contributed by atoms with Gasteiger partial charge in [0.2, 0.25) is 12.2 Å². The minimum Gasteiger partial charge on any atom is -0.493 e. The maximum Gasteiger partial charge on any atom is 0.251 e. The van der Waals surface area contributed by atoms with E-state index in [1.807, 2.05) is 19.1 Å². The highest BCUT2D eigenvalue weighted by Gasteiger charge is 2.36. The Kier molecular flexibility index (Phi) is 11.0. The highest BCUT2D eigenvalue weighted by atomic mass is 35.5. The second-order valence-electron chi connectivity index (χ2n) is 8.89. The first-order valence-electron chi connectivity index (χ1n) is 12.2. The van der Waals surface area contributed by atoms with Gasteiger partial charge in [-0.05, 0) is 62.1 Å². The van der Waals surface area contributed by atoms with Crippen molar-refractivity contribution in [3.8, 4) is 5.75 Å². The number of carbonyl (C=O) groups is 1. The molecule has 1 atom stereocenters. The van der Waals surface area contributed by atoms with Crippen molar-refractivity contribution in [1.82, 2.24) is 15.7 Å². The van der Waals surface area contributed by atoms with Gasteiger partial charge >= 0.3 is 0 Å². The quantitative estimate of drug-likeness (QED) is 0.229. The highest BCUT2D eigenvalue weighted by Crippen LogP contribution is 2.29. The number of nitrogens with zero attached hydrogens (tertiary/aromatic N) is 2. The molecule has 1 aliphatic rings. The van der Waals surface area contributed by atoms with Crippen LogP contribution in [0.15, 0.2) is 41.4 Å². The molecule has 11 heteroatoms. The van der Waals surface area contributed by atoms with Gasteiger partial charge in [-0.2, -0.15) is 0 Å². The minimum atomic E-state index is -1.14. The van der Waals surface area contributed by atoms with E-state index in [-0.39, 0.29) is 5.91 Å². The van der Waals surface area contributed by atoms with Crippen LogP contribution in [0, 0.1) is 6.92 Å². The maximum atomic E-state index is 12.8. The van der Waals surface area contributed by atoms with E-state index in [0.29, 0.717) is 59.9 Å². The zero-order valence-corrected chi connectivity index (χ0v) is 24.1. The zero-order valence-electron chi connectivity index (χ0n) is 21.1. The van der Waals surface area contributed by atoms with Crippen molar-refractivity contribution >= 4 is 58.3 Å². The van der Waals surface area contributed by atoms with E-state index in [1.54, 1.807) is 31.2 Å². The summed E-state index contributed by atoms with van der Waals surface area (Å²) >= 11 is 24.4. The topological polar surface area (TPSA) is 75.2 Å². The summed E-state index contributed by atoms with van der Waals surface area (Å²) in [6.07, 6.45) is 1.58. The molecule has 0 bridgehead atoms. The van der Waals surface area contributed by atoms with Gasteiger partial charge in [-0.15, -0.1) is 0 Å².